The van der Waals surface area contributed by atoms with Crippen LogP contribution in [0.5, 0.6) is 5.75 Å². The molecule has 212 valence electrons. The van der Waals surface area contributed by atoms with Gasteiger partial charge in [-0.25, -0.2) is 4.90 Å². The molecule has 2 N–H and O–H groups in total. The minimum atomic E-state index is -1.28. The molecule has 4 amide bonds. The molecule has 41 heavy (non-hydrogen) atoms. The van der Waals surface area contributed by atoms with E-state index in [1.54, 1.807) is 43.3 Å². The highest BCUT2D eigenvalue weighted by Crippen LogP contribution is 2.64. The van der Waals surface area contributed by atoms with Crippen LogP contribution < -0.4 is 4.90 Å². The number of likely N-dealkylation sites (tertiary alicyclic amines) is 1. The lowest BCUT2D eigenvalue weighted by molar-refractivity contribution is -0.142. The number of carboxylic acid groups (broad SMARTS) is 1. The van der Waals surface area contributed by atoms with Gasteiger partial charge in [0.25, 0.3) is 0 Å². The first-order valence-corrected chi connectivity index (χ1v) is 14.1. The van der Waals surface area contributed by atoms with Gasteiger partial charge in [0.15, 0.2) is 0 Å². The molecule has 2 aliphatic heterocycles. The molecule has 0 aromatic heterocycles. The van der Waals surface area contributed by atoms with Crippen molar-refractivity contribution in [2.45, 2.75) is 38.5 Å². The highest BCUT2D eigenvalue weighted by Gasteiger charge is 2.67. The highest BCUT2D eigenvalue weighted by molar-refractivity contribution is 6.30. The van der Waals surface area contributed by atoms with Gasteiger partial charge in [0.1, 0.15) is 5.75 Å². The second-order valence-corrected chi connectivity index (χ2v) is 12.0. The Morgan fingerprint density at radius 3 is 2.46 bits per heavy atom. The first kappa shape index (κ1) is 27.2. The van der Waals surface area contributed by atoms with Crippen LogP contribution in [0.15, 0.2) is 60.2 Å². The Hall–Kier alpha value is -3.98. The number of nitrogens with zero attached hydrogens (tertiary/aromatic N) is 2. The number of aromatic hydroxyl groups is 1. The summed E-state index contributed by atoms with van der Waals surface area (Å²) in [4.78, 5) is 68.8. The van der Waals surface area contributed by atoms with Crippen LogP contribution >= 0.6 is 11.6 Å². The Morgan fingerprint density at radius 2 is 1.76 bits per heavy atom. The second-order valence-electron chi connectivity index (χ2n) is 11.5. The summed E-state index contributed by atoms with van der Waals surface area (Å²) in [6.45, 7) is 1.76. The highest BCUT2D eigenvalue weighted by atomic mass is 35.5. The molecule has 9 nitrogen and oxygen atoms in total. The Bertz CT molecular complexity index is 1520. The first-order chi connectivity index (χ1) is 19.6. The van der Waals surface area contributed by atoms with Crippen molar-refractivity contribution in [1.82, 2.24) is 4.90 Å². The van der Waals surface area contributed by atoms with Crippen molar-refractivity contribution >= 4 is 46.9 Å². The van der Waals surface area contributed by atoms with Gasteiger partial charge in [-0.15, -0.1) is 0 Å². The van der Waals surface area contributed by atoms with Crippen molar-refractivity contribution in [3.8, 4) is 5.75 Å². The lowest BCUT2D eigenvalue weighted by Crippen LogP contribution is -2.48. The number of phenolic OH excluding ortho intramolecular Hbond substituents is 1. The fraction of sp³-hybridized carbons (Fsp3) is 0.387. The molecule has 6 rings (SSSR count). The van der Waals surface area contributed by atoms with Crippen LogP contribution in [0.4, 0.5) is 5.69 Å². The average Bonchev–Trinajstić information content (AvgIpc) is 3.30. The molecule has 6 atom stereocenters. The van der Waals surface area contributed by atoms with Gasteiger partial charge in [-0.1, -0.05) is 41.4 Å². The molecule has 2 aliphatic carbocycles. The van der Waals surface area contributed by atoms with Gasteiger partial charge < -0.3 is 10.2 Å². The Kier molecular flexibility index (Phi) is 6.53. The second kappa shape index (κ2) is 9.83. The van der Waals surface area contributed by atoms with Crippen LogP contribution in [0.2, 0.25) is 5.02 Å². The van der Waals surface area contributed by atoms with E-state index in [0.717, 1.165) is 10.5 Å². The molecule has 6 unspecified atom stereocenters. The van der Waals surface area contributed by atoms with Crippen LogP contribution in [0.1, 0.15) is 44.1 Å². The van der Waals surface area contributed by atoms with Gasteiger partial charge in [-0.05, 0) is 62.4 Å². The SMILES string of the molecule is CC12C(=O)N(c3ccccc3)C(=O)C1CC1C(=CCC3C(=O)N(CCCC(=O)O)C(=O)C31)C2c1cc(Cl)ccc1O. The number of allylic oxidation sites excluding steroid dienone is 2. The van der Waals surface area contributed by atoms with Gasteiger partial charge in [0.05, 0.1) is 28.9 Å². The van der Waals surface area contributed by atoms with E-state index >= 15 is 0 Å². The van der Waals surface area contributed by atoms with E-state index < -0.39 is 46.9 Å². The molecule has 3 fully saturated rings. The summed E-state index contributed by atoms with van der Waals surface area (Å²) in [6, 6.07) is 13.3. The number of benzene rings is 2. The Labute approximate surface area is 241 Å². The van der Waals surface area contributed by atoms with Crippen molar-refractivity contribution in [3.05, 3.63) is 70.8 Å². The molecule has 4 aliphatic rings. The van der Waals surface area contributed by atoms with Gasteiger partial charge >= 0.3 is 5.97 Å². The molecule has 2 heterocycles. The number of para-hydroxylation sites is 1. The summed E-state index contributed by atoms with van der Waals surface area (Å²) >= 11 is 6.37. The van der Waals surface area contributed by atoms with Gasteiger partial charge in [-0.2, -0.15) is 0 Å². The number of carbonyl (C=O) groups excluding carboxylic acids is 4. The van der Waals surface area contributed by atoms with Crippen LogP contribution in [-0.2, 0) is 24.0 Å². The predicted molar refractivity (Wildman–Crippen MR) is 148 cm³/mol. The molecular weight excluding hydrogens is 548 g/mol. The lowest BCUT2D eigenvalue weighted by atomic mass is 9.51. The van der Waals surface area contributed by atoms with E-state index in [4.69, 9.17) is 16.7 Å². The summed E-state index contributed by atoms with van der Waals surface area (Å²) < 4.78 is 0. The normalized spacial score (nSPS) is 30.7. The lowest BCUT2D eigenvalue weighted by Gasteiger charge is -2.49. The van der Waals surface area contributed by atoms with Crippen molar-refractivity contribution in [3.63, 3.8) is 0 Å². The van der Waals surface area contributed by atoms with E-state index in [0.29, 0.717) is 16.3 Å². The van der Waals surface area contributed by atoms with E-state index in [1.807, 2.05) is 6.08 Å². The summed E-state index contributed by atoms with van der Waals surface area (Å²) in [6.07, 6.45) is 2.34. The zero-order chi connectivity index (χ0) is 29.2. The maximum atomic E-state index is 14.3. The number of carboxylic acids is 1. The molecule has 10 heteroatoms. The van der Waals surface area contributed by atoms with E-state index in [2.05, 4.69) is 0 Å². The van der Waals surface area contributed by atoms with E-state index in [9.17, 15) is 29.1 Å². The summed E-state index contributed by atoms with van der Waals surface area (Å²) in [5.74, 6) is -6.05. The first-order valence-electron chi connectivity index (χ1n) is 13.7. The molecule has 0 radical (unpaired) electrons. The third-order valence-corrected chi connectivity index (χ3v) is 9.69. The fourth-order valence-electron chi connectivity index (χ4n) is 7.61. The molecule has 1 saturated carbocycles. The number of aliphatic carboxylic acids is 1. The van der Waals surface area contributed by atoms with Crippen molar-refractivity contribution in [2.75, 3.05) is 11.4 Å². The molecule has 0 bridgehead atoms. The summed E-state index contributed by atoms with van der Waals surface area (Å²) in [5, 5.41) is 20.4. The zero-order valence-corrected chi connectivity index (χ0v) is 23.1. The maximum Gasteiger partial charge on any atom is 0.303 e. The number of hydrogen-bond acceptors (Lipinski definition) is 6. The van der Waals surface area contributed by atoms with Gasteiger partial charge in [0.2, 0.25) is 23.6 Å². The summed E-state index contributed by atoms with van der Waals surface area (Å²) in [7, 11) is 0. The van der Waals surface area contributed by atoms with Crippen LogP contribution in [-0.4, -0.2) is 51.3 Å². The number of amides is 4. The third kappa shape index (κ3) is 4.01. The number of fused-ring (bicyclic) bond motifs is 4. The zero-order valence-electron chi connectivity index (χ0n) is 22.3. The quantitative estimate of drug-likeness (QED) is 0.390. The molecular formula is C31H29ClN2O7. The minimum Gasteiger partial charge on any atom is -0.508 e. The standard InChI is InChI=1S/C31H29ClN2O7/c1-31-22(28(39)34(30(31)41)17-6-3-2-4-7-17)15-20-18(26(31)21-14-16(32)9-12-23(21)35)10-11-19-25(20)29(40)33(27(19)38)13-5-8-24(36)37/h2-4,6-7,9-10,12,14,19-20,22,25-26,35H,5,8,11,13,15H2,1H3,(H,36,37). The van der Waals surface area contributed by atoms with Crippen LogP contribution in [0.25, 0.3) is 0 Å². The van der Waals surface area contributed by atoms with Crippen molar-refractivity contribution < 1.29 is 34.2 Å². The van der Waals surface area contributed by atoms with Gasteiger partial charge in [0, 0.05) is 29.5 Å². The van der Waals surface area contributed by atoms with Gasteiger partial charge in [-0.3, -0.25) is 28.9 Å². The van der Waals surface area contributed by atoms with E-state index in [1.165, 1.54) is 17.0 Å². The number of anilines is 1. The maximum absolute atomic E-state index is 14.3. The average molecular weight is 577 g/mol. The van der Waals surface area contributed by atoms with Crippen molar-refractivity contribution in [2.24, 2.45) is 29.1 Å². The number of hydrogen-bond donors (Lipinski definition) is 2. The van der Waals surface area contributed by atoms with Crippen LogP contribution in [0, 0.1) is 29.1 Å². The number of imide groups is 2. The molecule has 2 aromatic rings. The molecule has 2 aromatic carbocycles. The number of phenols is 1. The fourth-order valence-corrected chi connectivity index (χ4v) is 7.79. The topological polar surface area (TPSA) is 132 Å². The van der Waals surface area contributed by atoms with Crippen molar-refractivity contribution in [1.29, 1.82) is 0 Å². The summed E-state index contributed by atoms with van der Waals surface area (Å²) in [5.41, 5.74) is 0.299. The molecule has 2 saturated heterocycles. The Balaban J connectivity index is 1.46. The van der Waals surface area contributed by atoms with Crippen LogP contribution in [0.3, 0.4) is 0 Å². The minimum absolute atomic E-state index is 0.0118. The monoisotopic (exact) mass is 576 g/mol. The number of rotatable bonds is 6. The van der Waals surface area contributed by atoms with E-state index in [-0.39, 0.29) is 55.7 Å². The number of carbonyl (C=O) groups is 5. The number of halogens is 1. The molecule has 0 spiro atoms. The Morgan fingerprint density at radius 1 is 1.02 bits per heavy atom. The largest absolute Gasteiger partial charge is 0.508 e. The predicted octanol–water partition coefficient (Wildman–Crippen LogP) is 4.14. The smallest absolute Gasteiger partial charge is 0.303 e. The third-order valence-electron chi connectivity index (χ3n) is 9.45.